The zero-order valence-corrected chi connectivity index (χ0v) is 16.1. The van der Waals surface area contributed by atoms with Gasteiger partial charge in [0, 0.05) is 11.1 Å². The number of para-hydroxylation sites is 2. The van der Waals surface area contributed by atoms with Crippen LogP contribution in [0.2, 0.25) is 0 Å². The Balaban J connectivity index is 1.52. The Morgan fingerprint density at radius 3 is 2.71 bits per heavy atom. The van der Waals surface area contributed by atoms with Crippen LogP contribution < -0.4 is 4.74 Å². The van der Waals surface area contributed by atoms with E-state index in [0.29, 0.717) is 18.9 Å². The standard InChI is InChI=1S/C22H20N2O3S/c25-21(26)12-15-28-22-23-18-9-3-4-10-19(18)24(22)13-14-27-20-11-5-7-16-6-1-2-8-17(16)20/h1-11H,12-15H2,(H,25,26). The number of benzene rings is 3. The van der Waals surface area contributed by atoms with Crippen molar-refractivity contribution in [2.24, 2.45) is 0 Å². The van der Waals surface area contributed by atoms with Crippen LogP contribution in [0.4, 0.5) is 0 Å². The second-order valence-corrected chi connectivity index (χ2v) is 7.41. The largest absolute Gasteiger partial charge is 0.491 e. The van der Waals surface area contributed by atoms with Crippen LogP contribution >= 0.6 is 11.8 Å². The fraction of sp³-hybridized carbons (Fsp3) is 0.182. The summed E-state index contributed by atoms with van der Waals surface area (Å²) in [5.74, 6) is 0.556. The molecule has 4 aromatic rings. The minimum atomic E-state index is -0.797. The van der Waals surface area contributed by atoms with Crippen molar-refractivity contribution in [1.29, 1.82) is 0 Å². The highest BCUT2D eigenvalue weighted by Crippen LogP contribution is 2.27. The van der Waals surface area contributed by atoms with E-state index in [0.717, 1.165) is 32.7 Å². The maximum atomic E-state index is 10.8. The number of rotatable bonds is 8. The van der Waals surface area contributed by atoms with Gasteiger partial charge in [-0.25, -0.2) is 4.98 Å². The molecule has 1 heterocycles. The number of carboxylic acid groups (broad SMARTS) is 1. The summed E-state index contributed by atoms with van der Waals surface area (Å²) >= 11 is 1.47. The van der Waals surface area contributed by atoms with Gasteiger partial charge in [-0.3, -0.25) is 4.79 Å². The summed E-state index contributed by atoms with van der Waals surface area (Å²) in [6.45, 7) is 1.14. The number of hydrogen-bond donors (Lipinski definition) is 1. The van der Waals surface area contributed by atoms with Crippen molar-refractivity contribution in [2.75, 3.05) is 12.4 Å². The fourth-order valence-electron chi connectivity index (χ4n) is 3.18. The molecule has 0 aliphatic rings. The molecule has 0 saturated heterocycles. The van der Waals surface area contributed by atoms with Crippen molar-refractivity contribution in [3.8, 4) is 5.75 Å². The molecule has 0 amide bonds. The summed E-state index contributed by atoms with van der Waals surface area (Å²) in [5, 5.41) is 12.0. The average Bonchev–Trinajstić information content (AvgIpc) is 3.05. The van der Waals surface area contributed by atoms with Crippen LogP contribution in [0.15, 0.2) is 71.9 Å². The lowest BCUT2D eigenvalue weighted by molar-refractivity contribution is -0.136. The van der Waals surface area contributed by atoms with Crippen molar-refractivity contribution in [2.45, 2.75) is 18.1 Å². The molecule has 28 heavy (non-hydrogen) atoms. The van der Waals surface area contributed by atoms with Gasteiger partial charge in [-0.05, 0) is 23.6 Å². The minimum absolute atomic E-state index is 0.111. The maximum absolute atomic E-state index is 10.8. The van der Waals surface area contributed by atoms with Gasteiger partial charge >= 0.3 is 5.97 Å². The molecule has 0 aliphatic heterocycles. The second-order valence-electron chi connectivity index (χ2n) is 6.35. The first kappa shape index (κ1) is 18.4. The Morgan fingerprint density at radius 1 is 1.04 bits per heavy atom. The number of aliphatic carboxylic acids is 1. The number of imidazole rings is 1. The molecular formula is C22H20N2O3S. The highest BCUT2D eigenvalue weighted by atomic mass is 32.2. The second kappa shape index (κ2) is 8.35. The minimum Gasteiger partial charge on any atom is -0.491 e. The van der Waals surface area contributed by atoms with E-state index in [1.165, 1.54) is 11.8 Å². The number of carbonyl (C=O) groups is 1. The molecule has 4 rings (SSSR count). The van der Waals surface area contributed by atoms with E-state index in [1.54, 1.807) is 0 Å². The summed E-state index contributed by atoms with van der Waals surface area (Å²) in [4.78, 5) is 15.5. The van der Waals surface area contributed by atoms with Crippen LogP contribution in [-0.2, 0) is 11.3 Å². The molecule has 142 valence electrons. The third kappa shape index (κ3) is 3.97. The van der Waals surface area contributed by atoms with Gasteiger partial charge in [0.25, 0.3) is 0 Å². The van der Waals surface area contributed by atoms with Gasteiger partial charge in [0.2, 0.25) is 0 Å². The van der Waals surface area contributed by atoms with E-state index in [2.05, 4.69) is 27.8 Å². The molecule has 0 fully saturated rings. The van der Waals surface area contributed by atoms with E-state index >= 15 is 0 Å². The molecule has 5 nitrogen and oxygen atoms in total. The van der Waals surface area contributed by atoms with Crippen LogP contribution in [0.3, 0.4) is 0 Å². The summed E-state index contributed by atoms with van der Waals surface area (Å²) in [6.07, 6.45) is 0.111. The summed E-state index contributed by atoms with van der Waals surface area (Å²) in [6, 6.07) is 22.2. The van der Waals surface area contributed by atoms with Crippen molar-refractivity contribution in [3.05, 3.63) is 66.7 Å². The lowest BCUT2D eigenvalue weighted by Crippen LogP contribution is -2.09. The van der Waals surface area contributed by atoms with Gasteiger partial charge in [-0.2, -0.15) is 0 Å². The van der Waals surface area contributed by atoms with Gasteiger partial charge in [0.1, 0.15) is 12.4 Å². The third-order valence-electron chi connectivity index (χ3n) is 4.49. The predicted molar refractivity (Wildman–Crippen MR) is 112 cm³/mol. The molecule has 0 bridgehead atoms. The van der Waals surface area contributed by atoms with E-state index in [4.69, 9.17) is 9.84 Å². The highest BCUT2D eigenvalue weighted by molar-refractivity contribution is 7.99. The fourth-order valence-corrected chi connectivity index (χ4v) is 4.15. The zero-order valence-electron chi connectivity index (χ0n) is 15.2. The quantitative estimate of drug-likeness (QED) is 0.435. The molecule has 1 N–H and O–H groups in total. The van der Waals surface area contributed by atoms with Crippen LogP contribution in [0, 0.1) is 0 Å². The van der Waals surface area contributed by atoms with E-state index in [-0.39, 0.29) is 6.42 Å². The normalized spacial score (nSPS) is 11.1. The summed E-state index contributed by atoms with van der Waals surface area (Å²) < 4.78 is 8.19. The van der Waals surface area contributed by atoms with Gasteiger partial charge in [-0.15, -0.1) is 0 Å². The molecule has 3 aromatic carbocycles. The topological polar surface area (TPSA) is 64.3 Å². The summed E-state index contributed by atoms with van der Waals surface area (Å²) in [5.41, 5.74) is 1.94. The molecule has 0 spiro atoms. The van der Waals surface area contributed by atoms with Crippen LogP contribution in [0.5, 0.6) is 5.75 Å². The van der Waals surface area contributed by atoms with E-state index < -0.39 is 5.97 Å². The van der Waals surface area contributed by atoms with E-state index in [9.17, 15) is 4.79 Å². The predicted octanol–water partition coefficient (Wildman–Crippen LogP) is 4.84. The van der Waals surface area contributed by atoms with Crippen LogP contribution in [0.25, 0.3) is 21.8 Å². The molecule has 0 saturated carbocycles. The molecule has 6 heteroatoms. The Labute approximate surface area is 167 Å². The number of hydrogen-bond acceptors (Lipinski definition) is 4. The van der Waals surface area contributed by atoms with Gasteiger partial charge < -0.3 is 14.4 Å². The first-order valence-electron chi connectivity index (χ1n) is 9.13. The Bertz CT molecular complexity index is 1120. The molecule has 0 atom stereocenters. The maximum Gasteiger partial charge on any atom is 0.304 e. The number of thioether (sulfide) groups is 1. The monoisotopic (exact) mass is 392 g/mol. The highest BCUT2D eigenvalue weighted by Gasteiger charge is 2.12. The van der Waals surface area contributed by atoms with Gasteiger partial charge in [-0.1, -0.05) is 60.3 Å². The SMILES string of the molecule is O=C(O)CCSc1nc2ccccc2n1CCOc1cccc2ccccc12. The van der Waals surface area contributed by atoms with Gasteiger partial charge in [0.15, 0.2) is 5.16 Å². The van der Waals surface area contributed by atoms with Crippen LogP contribution in [-0.4, -0.2) is 33.0 Å². The van der Waals surface area contributed by atoms with Crippen LogP contribution in [0.1, 0.15) is 6.42 Å². The Hall–Kier alpha value is -2.99. The molecule has 1 aromatic heterocycles. The van der Waals surface area contributed by atoms with E-state index in [1.807, 2.05) is 48.5 Å². The Kier molecular flexibility index (Phi) is 5.48. The number of ether oxygens (including phenoxy) is 1. The summed E-state index contributed by atoms with van der Waals surface area (Å²) in [7, 11) is 0. The zero-order chi connectivity index (χ0) is 19.3. The van der Waals surface area contributed by atoms with Crippen molar-refractivity contribution in [3.63, 3.8) is 0 Å². The van der Waals surface area contributed by atoms with Crippen molar-refractivity contribution < 1.29 is 14.6 Å². The third-order valence-corrected chi connectivity index (χ3v) is 5.47. The first-order valence-corrected chi connectivity index (χ1v) is 10.1. The Morgan fingerprint density at radius 2 is 1.82 bits per heavy atom. The first-order chi connectivity index (χ1) is 13.7. The number of fused-ring (bicyclic) bond motifs is 2. The number of nitrogens with zero attached hydrogens (tertiary/aromatic N) is 2. The molecular weight excluding hydrogens is 372 g/mol. The molecule has 0 aliphatic carbocycles. The molecule has 0 unspecified atom stereocenters. The lowest BCUT2D eigenvalue weighted by Gasteiger charge is -2.12. The van der Waals surface area contributed by atoms with Crippen molar-refractivity contribution in [1.82, 2.24) is 9.55 Å². The number of carboxylic acids is 1. The van der Waals surface area contributed by atoms with Crippen molar-refractivity contribution >= 4 is 39.5 Å². The average molecular weight is 392 g/mol. The lowest BCUT2D eigenvalue weighted by atomic mass is 10.1. The number of aromatic nitrogens is 2. The van der Waals surface area contributed by atoms with Gasteiger partial charge in [0.05, 0.1) is 24.0 Å². The smallest absolute Gasteiger partial charge is 0.304 e. The molecule has 0 radical (unpaired) electrons.